The average molecular weight is 321 g/mol. The maximum atomic E-state index is 10.6. The van der Waals surface area contributed by atoms with Gasteiger partial charge in [-0.05, 0) is 30.5 Å². The molecule has 0 aromatic heterocycles. The number of carbonyl (C=O) groups is 2. The number of hydrogen-bond donors (Lipinski definition) is 3. The van der Waals surface area contributed by atoms with E-state index in [1.807, 2.05) is 0 Å². The van der Waals surface area contributed by atoms with Gasteiger partial charge in [0.15, 0.2) is 0 Å². The van der Waals surface area contributed by atoms with Gasteiger partial charge < -0.3 is 10.2 Å². The first-order valence-corrected chi connectivity index (χ1v) is 7.45. The first-order chi connectivity index (χ1) is 10.8. The zero-order valence-corrected chi connectivity index (χ0v) is 13.5. The van der Waals surface area contributed by atoms with Gasteiger partial charge in [-0.25, -0.2) is 19.8 Å². The van der Waals surface area contributed by atoms with Crippen LogP contribution in [0.3, 0.4) is 0 Å². The average Bonchev–Trinajstić information content (AvgIpc) is 2.49. The van der Waals surface area contributed by atoms with Crippen molar-refractivity contribution in [1.29, 1.82) is 5.41 Å². The molecule has 1 aromatic rings. The van der Waals surface area contributed by atoms with Gasteiger partial charge in [0.25, 0.3) is 0 Å². The molecule has 23 heavy (non-hydrogen) atoms. The molecule has 0 aliphatic heterocycles. The molecule has 0 heterocycles. The third kappa shape index (κ3) is 7.93. The number of aromatic carboxylic acids is 2. The fourth-order valence-corrected chi connectivity index (χ4v) is 2.41. The molecule has 2 rings (SSSR count). The van der Waals surface area contributed by atoms with Crippen molar-refractivity contribution in [2.75, 3.05) is 0 Å². The minimum Gasteiger partial charge on any atom is -0.478 e. The van der Waals surface area contributed by atoms with Crippen LogP contribution in [0.4, 0.5) is 0 Å². The van der Waals surface area contributed by atoms with Crippen LogP contribution >= 0.6 is 0 Å². The first-order valence-electron chi connectivity index (χ1n) is 7.45. The molecule has 0 amide bonds. The van der Waals surface area contributed by atoms with Crippen molar-refractivity contribution < 1.29 is 24.6 Å². The third-order valence-electron chi connectivity index (χ3n) is 3.69. The summed E-state index contributed by atoms with van der Waals surface area (Å²) in [5.74, 6) is -1.19. The van der Waals surface area contributed by atoms with E-state index in [0.717, 1.165) is 12.0 Å². The highest BCUT2D eigenvalue weighted by atomic mass is 16.4. The molecule has 1 fully saturated rings. The lowest BCUT2D eigenvalue weighted by atomic mass is 9.91. The Labute approximate surface area is 135 Å². The van der Waals surface area contributed by atoms with E-state index in [1.165, 1.54) is 57.2 Å². The van der Waals surface area contributed by atoms with Crippen molar-refractivity contribution >= 4 is 18.0 Å². The standard InChI is InChI=1S/C9H8O4.C7H14.CHNO/c1-5-6(8(10)11)3-2-4-7(5)9(12)13;1-7-5-3-2-4-6-7;2-1-3/h2-4H,1H3,(H,10,11)(H,12,13);7H,2-6H2,1H3;2H. The van der Waals surface area contributed by atoms with Gasteiger partial charge in [0.2, 0.25) is 6.08 Å². The summed E-state index contributed by atoms with van der Waals surface area (Å²) in [4.78, 5) is 29.6. The molecule has 1 aromatic carbocycles. The second kappa shape index (κ2) is 11.2. The molecule has 0 radical (unpaired) electrons. The van der Waals surface area contributed by atoms with Crippen LogP contribution in [-0.4, -0.2) is 28.2 Å². The molecule has 6 heteroatoms. The minimum absolute atomic E-state index is 0.0277. The van der Waals surface area contributed by atoms with Gasteiger partial charge in [0.1, 0.15) is 0 Å². The summed E-state index contributed by atoms with van der Waals surface area (Å²) in [6.07, 6.45) is 8.19. The van der Waals surface area contributed by atoms with Gasteiger partial charge in [0.05, 0.1) is 11.1 Å². The van der Waals surface area contributed by atoms with E-state index in [0.29, 0.717) is 0 Å². The van der Waals surface area contributed by atoms with E-state index in [2.05, 4.69) is 6.92 Å². The predicted molar refractivity (Wildman–Crippen MR) is 85.8 cm³/mol. The van der Waals surface area contributed by atoms with Crippen LogP contribution in [-0.2, 0) is 4.79 Å². The van der Waals surface area contributed by atoms with Crippen LogP contribution in [0.25, 0.3) is 0 Å². The molecule has 1 saturated carbocycles. The van der Waals surface area contributed by atoms with Gasteiger partial charge in [-0.2, -0.15) is 0 Å². The van der Waals surface area contributed by atoms with Crippen LogP contribution in [0.5, 0.6) is 0 Å². The quantitative estimate of drug-likeness (QED) is 0.564. The van der Waals surface area contributed by atoms with Gasteiger partial charge in [-0.15, -0.1) is 0 Å². The second-order valence-electron chi connectivity index (χ2n) is 5.43. The monoisotopic (exact) mass is 321 g/mol. The molecule has 0 spiro atoms. The van der Waals surface area contributed by atoms with Gasteiger partial charge in [-0.1, -0.05) is 45.1 Å². The van der Waals surface area contributed by atoms with Crippen molar-refractivity contribution in [3.05, 3.63) is 34.9 Å². The Morgan fingerprint density at radius 3 is 1.74 bits per heavy atom. The van der Waals surface area contributed by atoms with Crippen LogP contribution < -0.4 is 0 Å². The highest BCUT2D eigenvalue weighted by molar-refractivity contribution is 5.96. The molecule has 1 aliphatic rings. The highest BCUT2D eigenvalue weighted by Crippen LogP contribution is 2.22. The van der Waals surface area contributed by atoms with Crippen molar-refractivity contribution in [1.82, 2.24) is 0 Å². The van der Waals surface area contributed by atoms with E-state index in [4.69, 9.17) is 20.4 Å². The van der Waals surface area contributed by atoms with Crippen molar-refractivity contribution in [3.8, 4) is 0 Å². The molecule has 0 unspecified atom stereocenters. The largest absolute Gasteiger partial charge is 0.478 e. The number of nitrogens with one attached hydrogen (secondary N) is 1. The van der Waals surface area contributed by atoms with Crippen LogP contribution in [0.1, 0.15) is 65.3 Å². The maximum absolute atomic E-state index is 10.6. The minimum atomic E-state index is -1.11. The van der Waals surface area contributed by atoms with E-state index in [-0.39, 0.29) is 16.7 Å². The Bertz CT molecular complexity index is 524. The van der Waals surface area contributed by atoms with Gasteiger partial charge in [0, 0.05) is 0 Å². The highest BCUT2D eigenvalue weighted by Gasteiger charge is 2.13. The number of rotatable bonds is 2. The molecular formula is C17H23NO5. The SMILES string of the molecule is CC1CCCCC1.Cc1c(C(=O)O)cccc1C(=O)O.N=C=O. The number of carboxylic acids is 2. The molecule has 0 atom stereocenters. The van der Waals surface area contributed by atoms with Crippen molar-refractivity contribution in [3.63, 3.8) is 0 Å². The summed E-state index contributed by atoms with van der Waals surface area (Å²) in [5.41, 5.74) is 0.335. The Balaban J connectivity index is 0.000000404. The third-order valence-corrected chi connectivity index (χ3v) is 3.69. The molecule has 126 valence electrons. The lowest BCUT2D eigenvalue weighted by Crippen LogP contribution is -2.06. The zero-order chi connectivity index (χ0) is 17.8. The fraction of sp³-hybridized carbons (Fsp3) is 0.471. The van der Waals surface area contributed by atoms with Crippen LogP contribution in [0, 0.1) is 18.3 Å². The summed E-state index contributed by atoms with van der Waals surface area (Å²) in [7, 11) is 0. The van der Waals surface area contributed by atoms with E-state index in [9.17, 15) is 9.59 Å². The molecule has 3 N–H and O–H groups in total. The van der Waals surface area contributed by atoms with E-state index >= 15 is 0 Å². The summed E-state index contributed by atoms with van der Waals surface area (Å²) in [6.45, 7) is 3.84. The first kappa shape index (κ1) is 20.5. The number of benzene rings is 1. The summed E-state index contributed by atoms with van der Waals surface area (Å²) in [5, 5.41) is 22.8. The summed E-state index contributed by atoms with van der Waals surface area (Å²) >= 11 is 0. The van der Waals surface area contributed by atoms with Crippen LogP contribution in [0.15, 0.2) is 18.2 Å². The Hall–Kier alpha value is -2.46. The Morgan fingerprint density at radius 1 is 1.09 bits per heavy atom. The zero-order valence-electron chi connectivity index (χ0n) is 13.5. The second-order valence-corrected chi connectivity index (χ2v) is 5.43. The number of carboxylic acid groups (broad SMARTS) is 2. The lowest BCUT2D eigenvalue weighted by Gasteiger charge is -2.15. The Kier molecular flexibility index (Phi) is 9.96. The topological polar surface area (TPSA) is 116 Å². The number of carbonyl (C=O) groups excluding carboxylic acids is 1. The molecule has 0 bridgehead atoms. The van der Waals surface area contributed by atoms with Gasteiger partial charge in [-0.3, -0.25) is 0 Å². The maximum Gasteiger partial charge on any atom is 0.335 e. The van der Waals surface area contributed by atoms with Crippen molar-refractivity contribution in [2.24, 2.45) is 5.92 Å². The van der Waals surface area contributed by atoms with Crippen molar-refractivity contribution in [2.45, 2.75) is 46.0 Å². The van der Waals surface area contributed by atoms with Crippen LogP contribution in [0.2, 0.25) is 0 Å². The smallest absolute Gasteiger partial charge is 0.335 e. The molecule has 6 nitrogen and oxygen atoms in total. The van der Waals surface area contributed by atoms with E-state index in [1.54, 1.807) is 0 Å². The predicted octanol–water partition coefficient (Wildman–Crippen LogP) is 3.88. The van der Waals surface area contributed by atoms with E-state index < -0.39 is 11.9 Å². The molecule has 1 aliphatic carbocycles. The van der Waals surface area contributed by atoms with Gasteiger partial charge >= 0.3 is 11.9 Å². The summed E-state index contributed by atoms with van der Waals surface area (Å²) < 4.78 is 0. The lowest BCUT2D eigenvalue weighted by molar-refractivity contribution is 0.0696. The fourth-order valence-electron chi connectivity index (χ4n) is 2.41. The molecule has 0 saturated heterocycles. The summed E-state index contributed by atoms with van der Waals surface area (Å²) in [6, 6.07) is 4.17. The Morgan fingerprint density at radius 2 is 1.48 bits per heavy atom. The normalized spacial score (nSPS) is 13.5. The number of hydrogen-bond acceptors (Lipinski definition) is 4. The number of isocyanates is 1. The molecular weight excluding hydrogens is 298 g/mol.